The third-order valence-corrected chi connectivity index (χ3v) is 4.74. The standard InChI is InChI=1S/C17H31N3S/c1-6-15-14(9-10-18-8-3)16(7-2)20-17(19-15)12-21-11-13(4)5/h13,18H,6-12H2,1-5H3. The molecule has 1 N–H and O–H groups in total. The Morgan fingerprint density at radius 1 is 1.05 bits per heavy atom. The lowest BCUT2D eigenvalue weighted by Gasteiger charge is -2.14. The molecule has 0 fully saturated rings. The van der Waals surface area contributed by atoms with Gasteiger partial charge < -0.3 is 5.32 Å². The molecule has 1 rings (SSSR count). The van der Waals surface area contributed by atoms with E-state index in [0.717, 1.165) is 49.8 Å². The molecule has 21 heavy (non-hydrogen) atoms. The van der Waals surface area contributed by atoms with Crippen LogP contribution in [0.4, 0.5) is 0 Å². The van der Waals surface area contributed by atoms with Crippen LogP contribution in [-0.2, 0) is 25.0 Å². The first-order valence-corrected chi connectivity index (χ1v) is 9.43. The highest BCUT2D eigenvalue weighted by Crippen LogP contribution is 2.18. The van der Waals surface area contributed by atoms with Gasteiger partial charge in [0, 0.05) is 11.4 Å². The van der Waals surface area contributed by atoms with Crippen LogP contribution in [0.2, 0.25) is 0 Å². The fraction of sp³-hybridized carbons (Fsp3) is 0.765. The minimum Gasteiger partial charge on any atom is -0.317 e. The molecule has 0 aliphatic rings. The number of thioether (sulfide) groups is 1. The maximum Gasteiger partial charge on any atom is 0.138 e. The molecule has 120 valence electrons. The highest BCUT2D eigenvalue weighted by atomic mass is 32.2. The summed E-state index contributed by atoms with van der Waals surface area (Å²) in [6, 6.07) is 0. The number of nitrogens with one attached hydrogen (secondary N) is 1. The highest BCUT2D eigenvalue weighted by molar-refractivity contribution is 7.98. The van der Waals surface area contributed by atoms with Gasteiger partial charge in [0.05, 0.1) is 5.75 Å². The average Bonchev–Trinajstić information content (AvgIpc) is 2.47. The van der Waals surface area contributed by atoms with E-state index >= 15 is 0 Å². The molecular weight excluding hydrogens is 278 g/mol. The third-order valence-electron chi connectivity index (χ3n) is 3.38. The zero-order valence-corrected chi connectivity index (χ0v) is 15.1. The van der Waals surface area contributed by atoms with E-state index in [4.69, 9.17) is 9.97 Å². The summed E-state index contributed by atoms with van der Waals surface area (Å²) in [6.45, 7) is 13.1. The van der Waals surface area contributed by atoms with E-state index in [2.05, 4.69) is 39.9 Å². The van der Waals surface area contributed by atoms with Gasteiger partial charge in [0.2, 0.25) is 0 Å². The molecule has 0 unspecified atom stereocenters. The van der Waals surface area contributed by atoms with Gasteiger partial charge in [-0.3, -0.25) is 0 Å². The van der Waals surface area contributed by atoms with Crippen molar-refractivity contribution in [3.8, 4) is 0 Å². The van der Waals surface area contributed by atoms with Gasteiger partial charge in [-0.25, -0.2) is 9.97 Å². The minimum atomic E-state index is 0.727. The minimum absolute atomic E-state index is 0.727. The van der Waals surface area contributed by atoms with Crippen LogP contribution < -0.4 is 5.32 Å². The van der Waals surface area contributed by atoms with Crippen LogP contribution in [0.25, 0.3) is 0 Å². The van der Waals surface area contributed by atoms with E-state index < -0.39 is 0 Å². The van der Waals surface area contributed by atoms with Gasteiger partial charge in [-0.05, 0) is 49.6 Å². The van der Waals surface area contributed by atoms with Crippen molar-refractivity contribution >= 4 is 11.8 Å². The predicted octanol–water partition coefficient (Wildman–Crippen LogP) is 3.64. The van der Waals surface area contributed by atoms with Crippen molar-refractivity contribution in [1.82, 2.24) is 15.3 Å². The van der Waals surface area contributed by atoms with Gasteiger partial charge in [-0.15, -0.1) is 0 Å². The smallest absolute Gasteiger partial charge is 0.138 e. The van der Waals surface area contributed by atoms with Crippen LogP contribution in [-0.4, -0.2) is 28.8 Å². The summed E-state index contributed by atoms with van der Waals surface area (Å²) in [5.74, 6) is 3.85. The van der Waals surface area contributed by atoms with Gasteiger partial charge in [-0.2, -0.15) is 11.8 Å². The lowest BCUT2D eigenvalue weighted by Crippen LogP contribution is -2.19. The maximum atomic E-state index is 4.82. The monoisotopic (exact) mass is 309 g/mol. The van der Waals surface area contributed by atoms with Crippen molar-refractivity contribution in [2.75, 3.05) is 18.8 Å². The topological polar surface area (TPSA) is 37.8 Å². The molecular formula is C17H31N3S. The number of hydrogen-bond acceptors (Lipinski definition) is 4. The SMILES string of the molecule is CCNCCc1c(CC)nc(CSCC(C)C)nc1CC. The second kappa shape index (κ2) is 10.2. The van der Waals surface area contributed by atoms with Crippen molar-refractivity contribution in [1.29, 1.82) is 0 Å². The van der Waals surface area contributed by atoms with E-state index in [9.17, 15) is 0 Å². The molecule has 0 atom stereocenters. The summed E-state index contributed by atoms with van der Waals surface area (Å²) >= 11 is 1.94. The Bertz CT molecular complexity index is 393. The molecule has 0 aromatic carbocycles. The van der Waals surface area contributed by atoms with E-state index in [1.54, 1.807) is 0 Å². The van der Waals surface area contributed by atoms with Crippen LogP contribution in [0.15, 0.2) is 0 Å². The maximum absolute atomic E-state index is 4.82. The molecule has 0 aliphatic heterocycles. The first kappa shape index (κ1) is 18.4. The molecule has 0 amide bonds. The molecule has 0 bridgehead atoms. The van der Waals surface area contributed by atoms with Crippen molar-refractivity contribution in [2.45, 2.75) is 59.6 Å². The van der Waals surface area contributed by atoms with Crippen molar-refractivity contribution < 1.29 is 0 Å². The van der Waals surface area contributed by atoms with Gasteiger partial charge >= 0.3 is 0 Å². The Kier molecular flexibility index (Phi) is 8.93. The Hall–Kier alpha value is -0.610. The molecule has 0 saturated carbocycles. The van der Waals surface area contributed by atoms with E-state index in [1.165, 1.54) is 22.7 Å². The fourth-order valence-corrected chi connectivity index (χ4v) is 3.25. The number of nitrogens with zero attached hydrogens (tertiary/aromatic N) is 2. The Labute approximate surface area is 134 Å². The summed E-state index contributed by atoms with van der Waals surface area (Å²) in [5, 5.41) is 3.40. The van der Waals surface area contributed by atoms with Gasteiger partial charge in [0.1, 0.15) is 5.82 Å². The summed E-state index contributed by atoms with van der Waals surface area (Å²) in [6.07, 6.45) is 3.04. The number of aromatic nitrogens is 2. The lowest BCUT2D eigenvalue weighted by atomic mass is 10.0. The zero-order valence-electron chi connectivity index (χ0n) is 14.3. The highest BCUT2D eigenvalue weighted by Gasteiger charge is 2.12. The molecule has 1 aromatic heterocycles. The Balaban J connectivity index is 2.84. The first-order chi connectivity index (χ1) is 10.1. The summed E-state index contributed by atoms with van der Waals surface area (Å²) in [5.41, 5.74) is 3.87. The number of hydrogen-bond donors (Lipinski definition) is 1. The normalized spacial score (nSPS) is 11.3. The van der Waals surface area contributed by atoms with Crippen LogP contribution in [0.3, 0.4) is 0 Å². The quantitative estimate of drug-likeness (QED) is 0.670. The second-order valence-corrected chi connectivity index (χ2v) is 6.76. The number of aryl methyl sites for hydroxylation is 2. The van der Waals surface area contributed by atoms with Crippen molar-refractivity contribution in [3.05, 3.63) is 22.8 Å². The van der Waals surface area contributed by atoms with Gasteiger partial charge in [0.15, 0.2) is 0 Å². The molecule has 3 nitrogen and oxygen atoms in total. The van der Waals surface area contributed by atoms with Gasteiger partial charge in [0.25, 0.3) is 0 Å². The molecule has 1 aromatic rings. The van der Waals surface area contributed by atoms with E-state index in [1.807, 2.05) is 11.8 Å². The van der Waals surface area contributed by atoms with E-state index in [-0.39, 0.29) is 0 Å². The predicted molar refractivity (Wildman–Crippen MR) is 94.0 cm³/mol. The second-order valence-electron chi connectivity index (χ2n) is 5.73. The number of rotatable bonds is 10. The Morgan fingerprint density at radius 2 is 1.67 bits per heavy atom. The van der Waals surface area contributed by atoms with E-state index in [0.29, 0.717) is 0 Å². The lowest BCUT2D eigenvalue weighted by molar-refractivity contribution is 0.698. The summed E-state index contributed by atoms with van der Waals surface area (Å²) in [7, 11) is 0. The summed E-state index contributed by atoms with van der Waals surface area (Å²) < 4.78 is 0. The molecule has 1 heterocycles. The molecule has 0 spiro atoms. The number of likely N-dealkylation sites (N-methyl/N-ethyl adjacent to an activating group) is 1. The molecule has 0 radical (unpaired) electrons. The molecule has 0 saturated heterocycles. The first-order valence-electron chi connectivity index (χ1n) is 8.28. The van der Waals surface area contributed by atoms with Crippen molar-refractivity contribution in [2.24, 2.45) is 5.92 Å². The van der Waals surface area contributed by atoms with Crippen molar-refractivity contribution in [3.63, 3.8) is 0 Å². The fourth-order valence-electron chi connectivity index (χ4n) is 2.35. The molecule has 4 heteroatoms. The van der Waals surface area contributed by atoms with Crippen LogP contribution in [0.1, 0.15) is 57.4 Å². The molecule has 0 aliphatic carbocycles. The van der Waals surface area contributed by atoms with Gasteiger partial charge in [-0.1, -0.05) is 34.6 Å². The average molecular weight is 310 g/mol. The summed E-state index contributed by atoms with van der Waals surface area (Å²) in [4.78, 5) is 9.63. The van der Waals surface area contributed by atoms with Crippen LogP contribution >= 0.6 is 11.8 Å². The van der Waals surface area contributed by atoms with Crippen LogP contribution in [0, 0.1) is 5.92 Å². The Morgan fingerprint density at radius 3 is 2.14 bits per heavy atom. The third kappa shape index (κ3) is 6.35. The van der Waals surface area contributed by atoms with Crippen LogP contribution in [0.5, 0.6) is 0 Å². The zero-order chi connectivity index (χ0) is 15.7. The largest absolute Gasteiger partial charge is 0.317 e.